The molecule has 0 radical (unpaired) electrons. The molecule has 0 aromatic heterocycles. The predicted molar refractivity (Wildman–Crippen MR) is 536 cm³/mol. The normalized spacial score (nSPS) is 15.0. The van der Waals surface area contributed by atoms with E-state index in [1.54, 1.807) is 42.5 Å². The van der Waals surface area contributed by atoms with Crippen LogP contribution in [-0.4, -0.2) is 0 Å². The van der Waals surface area contributed by atoms with E-state index in [2.05, 4.69) is 200 Å². The van der Waals surface area contributed by atoms with Gasteiger partial charge in [-0.15, -0.1) is 0 Å². The van der Waals surface area contributed by atoms with Crippen LogP contribution in [0.1, 0.15) is 42.5 Å². The first-order valence-electron chi connectivity index (χ1n) is 56.0. The molecule has 0 aliphatic heterocycles. The zero-order valence-electron chi connectivity index (χ0n) is 96.8. The van der Waals surface area contributed by atoms with Crippen LogP contribution < -0.4 is 0 Å². The molecule has 0 saturated heterocycles. The van der Waals surface area contributed by atoms with Crippen molar-refractivity contribution in [2.45, 2.75) is 0 Å². The van der Waals surface area contributed by atoms with Gasteiger partial charge in [0.25, 0.3) is 0 Å². The summed E-state index contributed by atoms with van der Waals surface area (Å²) in [6.07, 6.45) is 0. The minimum atomic E-state index is -0.886. The summed E-state index contributed by atoms with van der Waals surface area (Å²) in [5, 5.41) is 14.5. The highest BCUT2D eigenvalue weighted by atomic mass is 14.3. The van der Waals surface area contributed by atoms with E-state index in [9.17, 15) is 12.3 Å². The number of hydrogen-bond donors (Lipinski definition) is 0. The summed E-state index contributed by atoms with van der Waals surface area (Å²) >= 11 is 0. The first-order chi connectivity index (χ1) is 74.4. The highest BCUT2D eigenvalue weighted by molar-refractivity contribution is 6.28. The molecule has 0 atom stereocenters. The van der Waals surface area contributed by atoms with E-state index in [1.165, 1.54) is 5.39 Å². The fourth-order valence-electron chi connectivity index (χ4n) is 17.8. The molecule has 0 nitrogen and oxygen atoms in total. The molecular weight excluding hydrogens is 1490 g/mol. The van der Waals surface area contributed by atoms with Gasteiger partial charge < -0.3 is 0 Å². The van der Waals surface area contributed by atoms with E-state index in [0.29, 0.717) is 21.9 Å². The van der Waals surface area contributed by atoms with E-state index < -0.39 is 204 Å². The molecule has 0 aliphatic carbocycles. The van der Waals surface area contributed by atoms with Gasteiger partial charge in [0.05, 0.1) is 42.5 Å². The Bertz CT molecular complexity index is 10500. The van der Waals surface area contributed by atoms with Crippen LogP contribution in [0.4, 0.5) is 0 Å². The van der Waals surface area contributed by atoms with Gasteiger partial charge in [-0.05, 0) is 283 Å². The van der Waals surface area contributed by atoms with Crippen LogP contribution in [0.3, 0.4) is 0 Å². The van der Waals surface area contributed by atoms with Crippen LogP contribution in [0.2, 0.25) is 0 Å². The molecule has 0 amide bonds. The zero-order valence-corrected chi connectivity index (χ0v) is 65.8. The van der Waals surface area contributed by atoms with Gasteiger partial charge in [-0.1, -0.05) is 442 Å². The molecule has 576 valence electrons. The maximum atomic E-state index is 10.1. The third-order valence-electron chi connectivity index (χ3n) is 23.4. The van der Waals surface area contributed by atoms with E-state index in [4.69, 9.17) is 30.2 Å². The predicted octanol–water partition coefficient (Wildman–Crippen LogP) is 35.1. The van der Waals surface area contributed by atoms with Crippen LogP contribution in [0.15, 0.2) is 485 Å². The molecule has 0 unspecified atom stereocenters. The number of rotatable bonds is 9. The quantitative estimate of drug-likeness (QED) is 0.126. The van der Waals surface area contributed by atoms with Crippen molar-refractivity contribution in [3.05, 3.63) is 485 Å². The maximum absolute atomic E-state index is 10.1. The van der Waals surface area contributed by atoms with Gasteiger partial charge in [0.15, 0.2) is 0 Å². The molecule has 0 aliphatic rings. The van der Waals surface area contributed by atoms with Crippen molar-refractivity contribution in [1.29, 1.82) is 0 Å². The lowest BCUT2D eigenvalue weighted by Crippen LogP contribution is -1.93. The second kappa shape index (κ2) is 31.2. The minimum Gasteiger partial charge on any atom is -0.0622 e. The van der Waals surface area contributed by atoms with Gasteiger partial charge in [-0.2, -0.15) is 0 Å². The third-order valence-corrected chi connectivity index (χ3v) is 23.4. The Labute approximate surface area is 763 Å². The fourth-order valence-corrected chi connectivity index (χ4v) is 17.8. The topological polar surface area (TPSA) is 0 Å². The Morgan fingerprint density at radius 2 is 0.435 bits per heavy atom. The summed E-state index contributed by atoms with van der Waals surface area (Å²) in [5.74, 6) is 0. The Morgan fingerprint density at radius 3 is 0.919 bits per heavy atom. The first-order valence-corrected chi connectivity index (χ1v) is 40.5. The molecule has 0 fully saturated rings. The van der Waals surface area contributed by atoms with Crippen molar-refractivity contribution in [2.24, 2.45) is 0 Å². The van der Waals surface area contributed by atoms with Crippen molar-refractivity contribution in [1.82, 2.24) is 0 Å². The van der Waals surface area contributed by atoms with Crippen LogP contribution in [0.25, 0.3) is 240 Å². The van der Waals surface area contributed by atoms with Crippen LogP contribution in [-0.2, 0) is 0 Å². The van der Waals surface area contributed by atoms with Crippen molar-refractivity contribution in [3.8, 4) is 100 Å². The SMILES string of the molecule is [2H]c1c([2H])c([2H])c(-c2ccc3c(-c4ccc5ccccc5c4)c4ccccc4c(-c4ccc5ccccc5c4)c3c2)c([2H])c1[2H].[2H]c1c([2H])c([2H])c(-c2ccc3c(-c4cccc5ccccc45)c4ccccc4c(-c4cccc5ccccc45)c3c2)c([2H])c1[2H].[2H]c1c([2H])c([2H])c2c([2H])c(-c3c4c([2H])c([2H])c([2H])c([2H])c4c(-c4c([2H])c([2H])c5c([2H])c([2H])c([2H])c([2H])c5c4[2H])c4c([2H])c(-c5cccc6ccccc56)c([2H])c([2H])c34)c([2H])c([2H])c2c1[2H]. The van der Waals surface area contributed by atoms with Crippen LogP contribution in [0, 0.1) is 0 Å². The lowest BCUT2D eigenvalue weighted by atomic mass is 9.83. The smallest absolute Gasteiger partial charge is 0.0622 e. The molecule has 25 rings (SSSR count). The molecular formula is C124H80. The standard InChI is InChI=1S/C44H28.2C40H26/c1-3-13-32-26-35(22-20-29(32)10-1)43-39-17-7-8-18-40(39)44(36-23-21-30-11-2-4-14-33(30)27-36)42-28-34(24-25-41(42)43)38-19-9-15-31-12-5-6-16-37(31)38;1-2-12-27(13-3-1)30-24-25-37-38(26-30)40(34-23-11-17-29-15-5-7-19-32(29)34)36-21-9-8-20-35(36)39(37)33-22-10-16-28-14-4-6-18-31(28)33;1-2-10-27(11-3-1)32-22-23-37-38(26-32)40(34-21-19-29-13-5-7-15-31(29)25-34)36-17-9-8-16-35(36)39(37)33-20-18-28-12-4-6-14-30(28)24-33/h1-28H;2*1-26H/i1D,2D,3D,4D,7D,8D,10D,11D,13D,14D,17D,18D,20D,21D,22D,23D,24D,25D,26D,27D,28D;1D,2D,3D,12D,13D;1D,2D,3D,10D,11D. The van der Waals surface area contributed by atoms with E-state index in [-0.39, 0.29) is 70.6 Å². The second-order valence-corrected chi connectivity index (χ2v) is 30.3. The largest absolute Gasteiger partial charge is 0.0636 e. The Kier molecular flexibility index (Phi) is 12.0. The Hall–Kier alpha value is -16.1. The molecule has 0 bridgehead atoms. The molecule has 0 heteroatoms. The monoisotopic (exact) mass is 1600 g/mol. The molecule has 25 aromatic rings. The van der Waals surface area contributed by atoms with Gasteiger partial charge >= 0.3 is 0 Å². The van der Waals surface area contributed by atoms with E-state index in [0.717, 1.165) is 125 Å². The lowest BCUT2D eigenvalue weighted by molar-refractivity contribution is 1.64. The summed E-state index contributed by atoms with van der Waals surface area (Å²) < 4.78 is 275. The van der Waals surface area contributed by atoms with Crippen molar-refractivity contribution in [2.75, 3.05) is 0 Å². The highest BCUT2D eigenvalue weighted by Gasteiger charge is 2.24. The van der Waals surface area contributed by atoms with Crippen molar-refractivity contribution in [3.63, 3.8) is 0 Å². The van der Waals surface area contributed by atoms with Gasteiger partial charge in [-0.3, -0.25) is 0 Å². The minimum absolute atomic E-state index is 0.201. The molecule has 124 heavy (non-hydrogen) atoms. The van der Waals surface area contributed by atoms with Gasteiger partial charge in [0, 0.05) is 0 Å². The summed E-state index contributed by atoms with van der Waals surface area (Å²) in [5.41, 5.74) is 7.88. The maximum Gasteiger partial charge on any atom is 0.0636 e. The number of hydrogen-bond acceptors (Lipinski definition) is 0. The van der Waals surface area contributed by atoms with Gasteiger partial charge in [0.1, 0.15) is 0 Å². The first kappa shape index (κ1) is 47.6. The molecule has 25 aromatic carbocycles. The van der Waals surface area contributed by atoms with Gasteiger partial charge in [0.2, 0.25) is 0 Å². The molecule has 0 spiro atoms. The zero-order chi connectivity index (χ0) is 109. The summed E-state index contributed by atoms with van der Waals surface area (Å²) in [6, 6.07) is 80.5. The summed E-state index contributed by atoms with van der Waals surface area (Å²) in [4.78, 5) is 0. The molecule has 0 heterocycles. The summed E-state index contributed by atoms with van der Waals surface area (Å²) in [7, 11) is 0. The van der Waals surface area contributed by atoms with E-state index in [1.807, 2.05) is 54.6 Å². The average molecular weight is 1600 g/mol. The van der Waals surface area contributed by atoms with Crippen LogP contribution >= 0.6 is 0 Å². The highest BCUT2D eigenvalue weighted by Crippen LogP contribution is 2.52. The Balaban J connectivity index is 0.000000130. The Morgan fingerprint density at radius 1 is 0.121 bits per heavy atom. The molecule has 0 N–H and O–H groups in total. The van der Waals surface area contributed by atoms with E-state index >= 15 is 0 Å². The van der Waals surface area contributed by atoms with Gasteiger partial charge in [-0.25, -0.2) is 0 Å². The third kappa shape index (κ3) is 13.0. The fraction of sp³-hybridized carbons (Fsp3) is 0. The second-order valence-electron chi connectivity index (χ2n) is 30.3. The van der Waals surface area contributed by atoms with Crippen molar-refractivity contribution >= 4 is 140 Å². The number of benzene rings is 25. The molecule has 0 saturated carbocycles. The average Bonchev–Trinajstić information content (AvgIpc) is 0.678. The van der Waals surface area contributed by atoms with Crippen molar-refractivity contribution < 1.29 is 42.5 Å². The van der Waals surface area contributed by atoms with Crippen LogP contribution in [0.5, 0.6) is 0 Å². The number of fused-ring (bicyclic) bond motifs is 13. The summed E-state index contributed by atoms with van der Waals surface area (Å²) in [6.45, 7) is 0. The lowest BCUT2D eigenvalue weighted by Gasteiger charge is -2.20.